The topological polar surface area (TPSA) is 77.5 Å². The second kappa shape index (κ2) is 8.06. The Labute approximate surface area is 152 Å². The fourth-order valence-electron chi connectivity index (χ4n) is 2.35. The third kappa shape index (κ3) is 4.13. The first-order chi connectivity index (χ1) is 12.7. The van der Waals surface area contributed by atoms with Crippen molar-refractivity contribution in [1.82, 2.24) is 9.97 Å². The lowest BCUT2D eigenvalue weighted by Crippen LogP contribution is -2.00. The van der Waals surface area contributed by atoms with E-state index in [1.165, 1.54) is 0 Å². The van der Waals surface area contributed by atoms with Crippen LogP contribution >= 0.6 is 0 Å². The summed E-state index contributed by atoms with van der Waals surface area (Å²) in [6.45, 7) is 0. The lowest BCUT2D eigenvalue weighted by atomic mass is 10.2. The maximum atomic E-state index is 5.32. The summed E-state index contributed by atoms with van der Waals surface area (Å²) < 4.78 is 15.7. The van der Waals surface area contributed by atoms with Crippen LogP contribution in [-0.4, -0.2) is 31.3 Å². The molecule has 2 N–H and O–H groups in total. The van der Waals surface area contributed by atoms with Crippen molar-refractivity contribution in [3.05, 3.63) is 54.7 Å². The van der Waals surface area contributed by atoms with Gasteiger partial charge in [0.2, 0.25) is 5.95 Å². The molecule has 0 aliphatic heterocycles. The number of hydrogen-bond acceptors (Lipinski definition) is 7. The molecule has 2 aromatic carbocycles. The SMILES string of the molecule is COc1ccc(Nc2nccc(Nc3ccc(OC)c(OC)c3)n2)cc1. The standard InChI is InChI=1S/C19H20N4O3/c1-24-15-7-4-13(5-8-15)22-19-20-11-10-18(23-19)21-14-6-9-16(25-2)17(12-14)26-3/h4-12H,1-3H3,(H2,20,21,22,23). The molecule has 7 nitrogen and oxygen atoms in total. The van der Waals surface area contributed by atoms with Crippen LogP contribution in [0.15, 0.2) is 54.7 Å². The Morgan fingerprint density at radius 1 is 0.731 bits per heavy atom. The van der Waals surface area contributed by atoms with Crippen molar-refractivity contribution in [2.24, 2.45) is 0 Å². The fourth-order valence-corrected chi connectivity index (χ4v) is 2.35. The van der Waals surface area contributed by atoms with Gasteiger partial charge in [-0.25, -0.2) is 4.98 Å². The van der Waals surface area contributed by atoms with E-state index in [1.54, 1.807) is 33.6 Å². The third-order valence-electron chi connectivity index (χ3n) is 3.66. The molecule has 3 rings (SSSR count). The second-order valence-electron chi connectivity index (χ2n) is 5.31. The molecule has 0 spiro atoms. The quantitative estimate of drug-likeness (QED) is 0.666. The molecule has 1 heterocycles. The number of hydrogen-bond donors (Lipinski definition) is 2. The lowest BCUT2D eigenvalue weighted by Gasteiger charge is -2.11. The molecule has 0 saturated carbocycles. The van der Waals surface area contributed by atoms with Crippen LogP contribution in [0.1, 0.15) is 0 Å². The number of anilines is 4. The van der Waals surface area contributed by atoms with Gasteiger partial charge in [0.1, 0.15) is 11.6 Å². The van der Waals surface area contributed by atoms with Gasteiger partial charge < -0.3 is 24.8 Å². The average molecular weight is 352 g/mol. The van der Waals surface area contributed by atoms with Gasteiger partial charge in [-0.1, -0.05) is 0 Å². The number of aromatic nitrogens is 2. The summed E-state index contributed by atoms with van der Waals surface area (Å²) in [4.78, 5) is 8.71. The van der Waals surface area contributed by atoms with Gasteiger partial charge in [0.15, 0.2) is 11.5 Å². The van der Waals surface area contributed by atoms with Gasteiger partial charge in [-0.3, -0.25) is 0 Å². The smallest absolute Gasteiger partial charge is 0.229 e. The fraction of sp³-hybridized carbons (Fsp3) is 0.158. The molecule has 134 valence electrons. The van der Waals surface area contributed by atoms with E-state index < -0.39 is 0 Å². The van der Waals surface area contributed by atoms with Crippen molar-refractivity contribution in [2.45, 2.75) is 0 Å². The zero-order chi connectivity index (χ0) is 18.4. The summed E-state index contributed by atoms with van der Waals surface area (Å²) in [7, 11) is 4.84. The van der Waals surface area contributed by atoms with E-state index >= 15 is 0 Å². The van der Waals surface area contributed by atoms with Crippen LogP contribution in [0.25, 0.3) is 0 Å². The highest BCUT2D eigenvalue weighted by Gasteiger charge is 2.06. The zero-order valence-corrected chi connectivity index (χ0v) is 14.8. The zero-order valence-electron chi connectivity index (χ0n) is 14.8. The molecule has 0 bridgehead atoms. The maximum Gasteiger partial charge on any atom is 0.229 e. The van der Waals surface area contributed by atoms with E-state index in [0.29, 0.717) is 23.3 Å². The van der Waals surface area contributed by atoms with E-state index in [0.717, 1.165) is 17.1 Å². The number of nitrogens with one attached hydrogen (secondary N) is 2. The summed E-state index contributed by atoms with van der Waals surface area (Å²) in [5.74, 6) is 3.25. The second-order valence-corrected chi connectivity index (χ2v) is 5.31. The van der Waals surface area contributed by atoms with Crippen molar-refractivity contribution < 1.29 is 14.2 Å². The minimum Gasteiger partial charge on any atom is -0.497 e. The molecule has 0 aliphatic rings. The van der Waals surface area contributed by atoms with Crippen LogP contribution in [0.4, 0.5) is 23.1 Å². The van der Waals surface area contributed by atoms with Crippen LogP contribution in [-0.2, 0) is 0 Å². The molecular weight excluding hydrogens is 332 g/mol. The van der Waals surface area contributed by atoms with Crippen molar-refractivity contribution >= 4 is 23.1 Å². The number of methoxy groups -OCH3 is 3. The summed E-state index contributed by atoms with van der Waals surface area (Å²) in [5, 5.41) is 6.39. The highest BCUT2D eigenvalue weighted by molar-refractivity contribution is 5.63. The predicted molar refractivity (Wildman–Crippen MR) is 101 cm³/mol. The summed E-state index contributed by atoms with van der Waals surface area (Å²) in [6, 6.07) is 14.9. The van der Waals surface area contributed by atoms with E-state index in [9.17, 15) is 0 Å². The minimum absolute atomic E-state index is 0.487. The van der Waals surface area contributed by atoms with Crippen molar-refractivity contribution in [2.75, 3.05) is 32.0 Å². The third-order valence-corrected chi connectivity index (χ3v) is 3.66. The molecule has 0 atom stereocenters. The first-order valence-electron chi connectivity index (χ1n) is 7.95. The number of nitrogens with zero attached hydrogens (tertiary/aromatic N) is 2. The molecule has 3 aromatic rings. The molecule has 0 radical (unpaired) electrons. The highest BCUT2D eigenvalue weighted by atomic mass is 16.5. The monoisotopic (exact) mass is 352 g/mol. The minimum atomic E-state index is 0.487. The number of benzene rings is 2. The molecule has 1 aromatic heterocycles. The molecule has 0 saturated heterocycles. The van der Waals surface area contributed by atoms with Gasteiger partial charge >= 0.3 is 0 Å². The lowest BCUT2D eigenvalue weighted by molar-refractivity contribution is 0.355. The van der Waals surface area contributed by atoms with Gasteiger partial charge in [0.25, 0.3) is 0 Å². The van der Waals surface area contributed by atoms with Gasteiger partial charge in [0, 0.05) is 23.6 Å². The van der Waals surface area contributed by atoms with E-state index in [4.69, 9.17) is 14.2 Å². The Balaban J connectivity index is 1.74. The Morgan fingerprint density at radius 3 is 2.15 bits per heavy atom. The summed E-state index contributed by atoms with van der Waals surface area (Å²) in [6.07, 6.45) is 1.68. The Kier molecular flexibility index (Phi) is 5.38. The van der Waals surface area contributed by atoms with E-state index in [1.807, 2.05) is 42.5 Å². The molecular formula is C19H20N4O3. The van der Waals surface area contributed by atoms with Crippen LogP contribution in [0.2, 0.25) is 0 Å². The van der Waals surface area contributed by atoms with Gasteiger partial charge in [-0.05, 0) is 42.5 Å². The van der Waals surface area contributed by atoms with Crippen LogP contribution < -0.4 is 24.8 Å². The molecule has 0 amide bonds. The largest absolute Gasteiger partial charge is 0.497 e. The van der Waals surface area contributed by atoms with Gasteiger partial charge in [-0.2, -0.15) is 4.98 Å². The van der Waals surface area contributed by atoms with Crippen molar-refractivity contribution in [1.29, 1.82) is 0 Å². The van der Waals surface area contributed by atoms with Crippen LogP contribution in [0.5, 0.6) is 17.2 Å². The summed E-state index contributed by atoms with van der Waals surface area (Å²) >= 11 is 0. The molecule has 0 fully saturated rings. The first kappa shape index (κ1) is 17.3. The van der Waals surface area contributed by atoms with E-state index in [2.05, 4.69) is 20.6 Å². The highest BCUT2D eigenvalue weighted by Crippen LogP contribution is 2.31. The number of rotatable bonds is 7. The Hall–Kier alpha value is -3.48. The average Bonchev–Trinajstić information content (AvgIpc) is 2.69. The first-order valence-corrected chi connectivity index (χ1v) is 7.95. The normalized spacial score (nSPS) is 10.1. The number of ether oxygens (including phenoxy) is 3. The van der Waals surface area contributed by atoms with Gasteiger partial charge in [-0.15, -0.1) is 0 Å². The van der Waals surface area contributed by atoms with Gasteiger partial charge in [0.05, 0.1) is 21.3 Å². The Morgan fingerprint density at radius 2 is 1.46 bits per heavy atom. The van der Waals surface area contributed by atoms with Crippen molar-refractivity contribution in [3.63, 3.8) is 0 Å². The Bertz CT molecular complexity index is 869. The van der Waals surface area contributed by atoms with Crippen LogP contribution in [0, 0.1) is 0 Å². The molecule has 0 unspecified atom stereocenters. The van der Waals surface area contributed by atoms with Crippen LogP contribution in [0.3, 0.4) is 0 Å². The molecule has 7 heteroatoms. The summed E-state index contributed by atoms with van der Waals surface area (Å²) in [5.41, 5.74) is 1.70. The maximum absolute atomic E-state index is 5.32. The predicted octanol–water partition coefficient (Wildman–Crippen LogP) is 3.99. The van der Waals surface area contributed by atoms with Crippen molar-refractivity contribution in [3.8, 4) is 17.2 Å². The van der Waals surface area contributed by atoms with E-state index in [-0.39, 0.29) is 0 Å². The molecule has 26 heavy (non-hydrogen) atoms. The molecule has 0 aliphatic carbocycles.